The zero-order chi connectivity index (χ0) is 12.4. The average Bonchev–Trinajstić information content (AvgIpc) is 2.35. The van der Waals surface area contributed by atoms with E-state index in [0.29, 0.717) is 18.8 Å². The molecular formula is C13H17F2NO. The van der Waals surface area contributed by atoms with E-state index in [0.717, 1.165) is 12.8 Å². The fourth-order valence-electron chi connectivity index (χ4n) is 2.29. The van der Waals surface area contributed by atoms with Crippen molar-refractivity contribution in [1.82, 2.24) is 0 Å². The lowest BCUT2D eigenvalue weighted by Gasteiger charge is -2.28. The molecule has 4 heteroatoms. The van der Waals surface area contributed by atoms with Gasteiger partial charge in [0.25, 0.3) is 0 Å². The summed E-state index contributed by atoms with van der Waals surface area (Å²) in [5.74, 6) is -0.967. The minimum absolute atomic E-state index is 0.0249. The Balaban J connectivity index is 2.29. The number of benzene rings is 1. The monoisotopic (exact) mass is 241 g/mol. The van der Waals surface area contributed by atoms with Gasteiger partial charge in [-0.3, -0.25) is 0 Å². The summed E-state index contributed by atoms with van der Waals surface area (Å²) in [7, 11) is 0. The fourth-order valence-corrected chi connectivity index (χ4v) is 2.29. The Bertz CT molecular complexity index is 403. The number of hydrogen-bond donors (Lipinski definition) is 1. The standard InChI is InChI=1S/C13H17F2NO/c1-8-2-3-10(14)11(12(8)15)13(16)9-4-6-17-7-5-9/h2-3,9,13H,4-7,16H2,1H3/t13-/m0/s1. The second-order valence-corrected chi connectivity index (χ2v) is 4.57. The van der Waals surface area contributed by atoms with Gasteiger partial charge in [-0.15, -0.1) is 0 Å². The van der Waals surface area contributed by atoms with E-state index in [9.17, 15) is 8.78 Å². The van der Waals surface area contributed by atoms with Crippen LogP contribution < -0.4 is 5.73 Å². The number of nitrogens with two attached hydrogens (primary N) is 1. The van der Waals surface area contributed by atoms with E-state index in [-0.39, 0.29) is 11.5 Å². The molecule has 0 spiro atoms. The third-order valence-corrected chi connectivity index (χ3v) is 3.43. The summed E-state index contributed by atoms with van der Waals surface area (Å²) >= 11 is 0. The number of ether oxygens (including phenoxy) is 1. The molecule has 0 aliphatic carbocycles. The number of halogens is 2. The van der Waals surface area contributed by atoms with Crippen LogP contribution in [-0.2, 0) is 4.74 Å². The van der Waals surface area contributed by atoms with Gasteiger partial charge in [0.15, 0.2) is 0 Å². The third kappa shape index (κ3) is 2.48. The predicted octanol–water partition coefficient (Wildman–Crippen LogP) is 2.70. The first-order valence-electron chi connectivity index (χ1n) is 5.89. The summed E-state index contributed by atoms with van der Waals surface area (Å²) in [6.45, 7) is 2.86. The first kappa shape index (κ1) is 12.5. The number of hydrogen-bond acceptors (Lipinski definition) is 2. The van der Waals surface area contributed by atoms with Crippen molar-refractivity contribution >= 4 is 0 Å². The van der Waals surface area contributed by atoms with Crippen LogP contribution in [0.25, 0.3) is 0 Å². The topological polar surface area (TPSA) is 35.2 Å². The van der Waals surface area contributed by atoms with Gasteiger partial charge in [0.05, 0.1) is 0 Å². The molecule has 2 N–H and O–H groups in total. The van der Waals surface area contributed by atoms with Crippen LogP contribution in [-0.4, -0.2) is 13.2 Å². The van der Waals surface area contributed by atoms with Crippen molar-refractivity contribution in [2.24, 2.45) is 11.7 Å². The fraction of sp³-hybridized carbons (Fsp3) is 0.538. The van der Waals surface area contributed by atoms with Crippen molar-refractivity contribution in [1.29, 1.82) is 0 Å². The predicted molar refractivity (Wildman–Crippen MR) is 61.6 cm³/mol. The van der Waals surface area contributed by atoms with Crippen molar-refractivity contribution in [3.63, 3.8) is 0 Å². The minimum Gasteiger partial charge on any atom is -0.381 e. The second kappa shape index (κ2) is 5.10. The number of rotatable bonds is 2. The molecule has 0 radical (unpaired) electrons. The van der Waals surface area contributed by atoms with E-state index in [2.05, 4.69) is 0 Å². The third-order valence-electron chi connectivity index (χ3n) is 3.43. The Morgan fingerprint density at radius 2 is 1.94 bits per heavy atom. The summed E-state index contributed by atoms with van der Waals surface area (Å²) < 4.78 is 32.8. The van der Waals surface area contributed by atoms with E-state index in [1.807, 2.05) is 0 Å². The molecule has 0 aromatic heterocycles. The summed E-state index contributed by atoms with van der Waals surface area (Å²) in [6, 6.07) is 2.14. The van der Waals surface area contributed by atoms with Crippen LogP contribution in [0.5, 0.6) is 0 Å². The highest BCUT2D eigenvalue weighted by atomic mass is 19.1. The van der Waals surface area contributed by atoms with Crippen molar-refractivity contribution in [3.8, 4) is 0 Å². The van der Waals surface area contributed by atoms with Gasteiger partial charge >= 0.3 is 0 Å². The van der Waals surface area contributed by atoms with Crippen LogP contribution >= 0.6 is 0 Å². The molecule has 2 rings (SSSR count). The molecule has 1 fully saturated rings. The molecule has 1 aromatic carbocycles. The van der Waals surface area contributed by atoms with Gasteiger partial charge in [-0.1, -0.05) is 6.07 Å². The van der Waals surface area contributed by atoms with Gasteiger partial charge in [0.1, 0.15) is 11.6 Å². The smallest absolute Gasteiger partial charge is 0.133 e. The Morgan fingerprint density at radius 3 is 2.59 bits per heavy atom. The molecule has 0 unspecified atom stereocenters. The molecule has 1 heterocycles. The summed E-state index contributed by atoms with van der Waals surface area (Å²) in [4.78, 5) is 0. The average molecular weight is 241 g/mol. The van der Waals surface area contributed by atoms with Crippen molar-refractivity contribution < 1.29 is 13.5 Å². The lowest BCUT2D eigenvalue weighted by atomic mass is 9.86. The quantitative estimate of drug-likeness (QED) is 0.864. The van der Waals surface area contributed by atoms with Crippen molar-refractivity contribution in [3.05, 3.63) is 34.9 Å². The van der Waals surface area contributed by atoms with Crippen molar-refractivity contribution in [2.75, 3.05) is 13.2 Å². The van der Waals surface area contributed by atoms with Crippen molar-refractivity contribution in [2.45, 2.75) is 25.8 Å². The van der Waals surface area contributed by atoms with Gasteiger partial charge in [0.2, 0.25) is 0 Å². The van der Waals surface area contributed by atoms with Crippen LogP contribution in [0.2, 0.25) is 0 Å². The first-order valence-corrected chi connectivity index (χ1v) is 5.89. The van der Waals surface area contributed by atoms with E-state index in [1.54, 1.807) is 6.92 Å². The highest BCUT2D eigenvalue weighted by Gasteiger charge is 2.27. The van der Waals surface area contributed by atoms with Gasteiger partial charge in [-0.2, -0.15) is 0 Å². The Kier molecular flexibility index (Phi) is 3.74. The molecule has 0 amide bonds. The largest absolute Gasteiger partial charge is 0.381 e. The normalized spacial score (nSPS) is 19.3. The summed E-state index contributed by atoms with van der Waals surface area (Å²) in [5.41, 5.74) is 6.46. The molecule has 1 aromatic rings. The molecule has 0 bridgehead atoms. The molecule has 0 saturated carbocycles. The van der Waals surface area contributed by atoms with Crippen LogP contribution in [0, 0.1) is 24.5 Å². The maximum absolute atomic E-state index is 13.9. The van der Waals surface area contributed by atoms with Crippen LogP contribution in [0.4, 0.5) is 8.78 Å². The maximum Gasteiger partial charge on any atom is 0.133 e. The van der Waals surface area contributed by atoms with E-state index < -0.39 is 17.7 Å². The molecule has 1 atom stereocenters. The van der Waals surface area contributed by atoms with Crippen LogP contribution in [0.3, 0.4) is 0 Å². The summed E-state index contributed by atoms with van der Waals surface area (Å²) in [6.07, 6.45) is 1.52. The number of aryl methyl sites for hydroxylation is 1. The maximum atomic E-state index is 13.9. The highest BCUT2D eigenvalue weighted by Crippen LogP contribution is 2.31. The molecule has 1 aliphatic heterocycles. The molecule has 2 nitrogen and oxygen atoms in total. The van der Waals surface area contributed by atoms with Gasteiger partial charge in [0, 0.05) is 24.8 Å². The van der Waals surface area contributed by atoms with Gasteiger partial charge < -0.3 is 10.5 Å². The van der Waals surface area contributed by atoms with Crippen LogP contribution in [0.1, 0.15) is 30.0 Å². The van der Waals surface area contributed by atoms with E-state index in [1.165, 1.54) is 12.1 Å². The highest BCUT2D eigenvalue weighted by molar-refractivity contribution is 5.29. The first-order chi connectivity index (χ1) is 8.11. The Hall–Kier alpha value is -1.00. The Labute approximate surface area is 99.8 Å². The minimum atomic E-state index is -0.584. The zero-order valence-electron chi connectivity index (χ0n) is 9.88. The summed E-state index contributed by atoms with van der Waals surface area (Å²) in [5, 5.41) is 0. The van der Waals surface area contributed by atoms with E-state index >= 15 is 0 Å². The zero-order valence-corrected chi connectivity index (χ0v) is 9.88. The molecular weight excluding hydrogens is 224 g/mol. The van der Waals surface area contributed by atoms with Gasteiger partial charge in [-0.25, -0.2) is 8.78 Å². The van der Waals surface area contributed by atoms with Gasteiger partial charge in [-0.05, 0) is 37.3 Å². The lowest BCUT2D eigenvalue weighted by Crippen LogP contribution is -2.29. The lowest BCUT2D eigenvalue weighted by molar-refractivity contribution is 0.0575. The molecule has 17 heavy (non-hydrogen) atoms. The van der Waals surface area contributed by atoms with Crippen LogP contribution in [0.15, 0.2) is 12.1 Å². The van der Waals surface area contributed by atoms with E-state index in [4.69, 9.17) is 10.5 Å². The SMILES string of the molecule is Cc1ccc(F)c([C@@H](N)C2CCOCC2)c1F. The molecule has 94 valence electrons. The Morgan fingerprint density at radius 1 is 1.29 bits per heavy atom. The molecule has 1 saturated heterocycles. The molecule has 1 aliphatic rings. The second-order valence-electron chi connectivity index (χ2n) is 4.57.